The van der Waals surface area contributed by atoms with Crippen molar-refractivity contribution < 1.29 is 5.11 Å². The molecule has 108 valence electrons. The summed E-state index contributed by atoms with van der Waals surface area (Å²) in [4.78, 5) is 0. The van der Waals surface area contributed by atoms with Crippen LogP contribution in [0.4, 0.5) is 0 Å². The van der Waals surface area contributed by atoms with Crippen molar-refractivity contribution in [2.24, 2.45) is 7.05 Å². The van der Waals surface area contributed by atoms with Gasteiger partial charge in [0, 0.05) is 19.2 Å². The maximum atomic E-state index is 11.1. The largest absolute Gasteiger partial charge is 0.385 e. The number of benzene rings is 1. The van der Waals surface area contributed by atoms with Crippen LogP contribution in [0.25, 0.3) is 0 Å². The molecule has 0 fully saturated rings. The maximum Gasteiger partial charge on any atom is 0.0951 e. The van der Waals surface area contributed by atoms with Crippen molar-refractivity contribution in [3.63, 3.8) is 0 Å². The zero-order valence-corrected chi connectivity index (χ0v) is 12.6. The molecule has 0 aliphatic rings. The van der Waals surface area contributed by atoms with Gasteiger partial charge in [-0.25, -0.2) is 0 Å². The Labute approximate surface area is 121 Å². The molecule has 0 aliphatic heterocycles. The second kappa shape index (κ2) is 6.23. The lowest BCUT2D eigenvalue weighted by molar-refractivity contribution is 0.0251. The third-order valence-corrected chi connectivity index (χ3v) is 3.84. The van der Waals surface area contributed by atoms with E-state index < -0.39 is 5.60 Å². The van der Waals surface area contributed by atoms with Gasteiger partial charge in [0.25, 0.3) is 0 Å². The highest BCUT2D eigenvalue weighted by Crippen LogP contribution is 2.30. The predicted octanol–water partition coefficient (Wildman–Crippen LogP) is 3.21. The molecule has 2 rings (SSSR count). The zero-order chi connectivity index (χ0) is 14.6. The van der Waals surface area contributed by atoms with Gasteiger partial charge < -0.3 is 5.11 Å². The van der Waals surface area contributed by atoms with E-state index in [0.29, 0.717) is 6.42 Å². The summed E-state index contributed by atoms with van der Waals surface area (Å²) >= 11 is 0. The predicted molar refractivity (Wildman–Crippen MR) is 81.5 cm³/mol. The summed E-state index contributed by atoms with van der Waals surface area (Å²) in [7, 11) is 1.95. The first-order valence-electron chi connectivity index (χ1n) is 7.38. The van der Waals surface area contributed by atoms with Crippen LogP contribution in [0, 0.1) is 0 Å². The van der Waals surface area contributed by atoms with Crippen LogP contribution in [0.3, 0.4) is 0 Å². The molecule has 1 N–H and O–H groups in total. The topological polar surface area (TPSA) is 38.1 Å². The summed E-state index contributed by atoms with van der Waals surface area (Å²) in [5, 5.41) is 15.6. The first-order chi connectivity index (χ1) is 9.59. The summed E-state index contributed by atoms with van der Waals surface area (Å²) in [5.74, 6) is 0. The lowest BCUT2D eigenvalue weighted by Crippen LogP contribution is -2.29. The molecule has 1 heterocycles. The quantitative estimate of drug-likeness (QED) is 0.877. The Morgan fingerprint density at radius 1 is 1.20 bits per heavy atom. The second-order valence-corrected chi connectivity index (χ2v) is 5.43. The summed E-state index contributed by atoms with van der Waals surface area (Å²) in [6.07, 6.45) is 3.23. The summed E-state index contributed by atoms with van der Waals surface area (Å²) in [5.41, 5.74) is 2.34. The van der Waals surface area contributed by atoms with E-state index >= 15 is 0 Å². The number of aromatic nitrogens is 2. The molecular formula is C17H24N2O. The van der Waals surface area contributed by atoms with Crippen LogP contribution in [0.1, 0.15) is 43.6 Å². The second-order valence-electron chi connectivity index (χ2n) is 5.43. The SMILES string of the molecule is CCCC(O)(Cc1cc(CC)nn1C)c1ccccc1. The summed E-state index contributed by atoms with van der Waals surface area (Å²) in [6, 6.07) is 12.1. The van der Waals surface area contributed by atoms with Crippen LogP contribution < -0.4 is 0 Å². The Kier molecular flexibility index (Phi) is 4.61. The first-order valence-corrected chi connectivity index (χ1v) is 7.38. The van der Waals surface area contributed by atoms with Crippen LogP contribution in [0.15, 0.2) is 36.4 Å². The fourth-order valence-electron chi connectivity index (χ4n) is 2.71. The van der Waals surface area contributed by atoms with E-state index in [2.05, 4.69) is 25.0 Å². The molecule has 0 amide bonds. The number of hydrogen-bond donors (Lipinski definition) is 1. The van der Waals surface area contributed by atoms with E-state index in [1.807, 2.05) is 42.1 Å². The van der Waals surface area contributed by atoms with Crippen molar-refractivity contribution in [3.8, 4) is 0 Å². The molecule has 20 heavy (non-hydrogen) atoms. The summed E-state index contributed by atoms with van der Waals surface area (Å²) < 4.78 is 1.89. The van der Waals surface area contributed by atoms with Gasteiger partial charge in [-0.15, -0.1) is 0 Å². The van der Waals surface area contributed by atoms with E-state index in [9.17, 15) is 5.11 Å². The zero-order valence-electron chi connectivity index (χ0n) is 12.6. The molecule has 0 aliphatic carbocycles. The number of nitrogens with zero attached hydrogens (tertiary/aromatic N) is 2. The van der Waals surface area contributed by atoms with E-state index in [-0.39, 0.29) is 0 Å². The van der Waals surface area contributed by atoms with Gasteiger partial charge in [0.1, 0.15) is 0 Å². The van der Waals surface area contributed by atoms with Crippen LogP contribution in [0.2, 0.25) is 0 Å². The fraction of sp³-hybridized carbons (Fsp3) is 0.471. The molecule has 1 unspecified atom stereocenters. The smallest absolute Gasteiger partial charge is 0.0951 e. The van der Waals surface area contributed by atoms with Crippen molar-refractivity contribution >= 4 is 0 Å². The van der Waals surface area contributed by atoms with Gasteiger partial charge in [-0.05, 0) is 24.5 Å². The van der Waals surface area contributed by atoms with Crippen LogP contribution >= 0.6 is 0 Å². The Balaban J connectivity index is 2.31. The van der Waals surface area contributed by atoms with Crippen molar-refractivity contribution in [1.82, 2.24) is 9.78 Å². The lowest BCUT2D eigenvalue weighted by Gasteiger charge is -2.28. The minimum Gasteiger partial charge on any atom is -0.385 e. The molecule has 1 aromatic heterocycles. The minimum absolute atomic E-state index is 0.606. The molecule has 0 saturated carbocycles. The lowest BCUT2D eigenvalue weighted by atomic mass is 9.85. The standard InChI is InChI=1S/C17H24N2O/c1-4-11-17(20,14-9-7-6-8-10-14)13-16-12-15(5-2)18-19(16)3/h6-10,12,20H,4-5,11,13H2,1-3H3. The van der Waals surface area contributed by atoms with Crippen LogP contribution in [0.5, 0.6) is 0 Å². The summed E-state index contributed by atoms with van der Waals surface area (Å²) in [6.45, 7) is 4.20. The van der Waals surface area contributed by atoms with Gasteiger partial charge in [-0.2, -0.15) is 5.10 Å². The van der Waals surface area contributed by atoms with E-state index in [1.54, 1.807) is 0 Å². The molecule has 1 aromatic carbocycles. The Bertz CT molecular complexity index is 547. The number of aliphatic hydroxyl groups is 1. The Morgan fingerprint density at radius 2 is 1.90 bits per heavy atom. The van der Waals surface area contributed by atoms with Crippen molar-refractivity contribution in [1.29, 1.82) is 0 Å². The van der Waals surface area contributed by atoms with E-state index in [0.717, 1.165) is 36.2 Å². The molecule has 3 nitrogen and oxygen atoms in total. The van der Waals surface area contributed by atoms with Crippen LogP contribution in [-0.4, -0.2) is 14.9 Å². The molecular weight excluding hydrogens is 248 g/mol. The minimum atomic E-state index is -0.811. The molecule has 0 spiro atoms. The molecule has 0 saturated heterocycles. The first kappa shape index (κ1) is 14.8. The fourth-order valence-corrected chi connectivity index (χ4v) is 2.71. The normalized spacial score (nSPS) is 14.2. The van der Waals surface area contributed by atoms with Gasteiger partial charge in [0.2, 0.25) is 0 Å². The van der Waals surface area contributed by atoms with E-state index in [4.69, 9.17) is 0 Å². The van der Waals surface area contributed by atoms with Crippen molar-refractivity contribution in [2.45, 2.75) is 45.1 Å². The number of aryl methyl sites for hydroxylation is 2. The highest BCUT2D eigenvalue weighted by Gasteiger charge is 2.29. The van der Waals surface area contributed by atoms with E-state index in [1.165, 1.54) is 0 Å². The van der Waals surface area contributed by atoms with Crippen molar-refractivity contribution in [2.75, 3.05) is 0 Å². The highest BCUT2D eigenvalue weighted by atomic mass is 16.3. The third-order valence-electron chi connectivity index (χ3n) is 3.84. The molecule has 1 atom stereocenters. The van der Waals surface area contributed by atoms with Crippen molar-refractivity contribution in [3.05, 3.63) is 53.3 Å². The van der Waals surface area contributed by atoms with Gasteiger partial charge >= 0.3 is 0 Å². The maximum absolute atomic E-state index is 11.1. The molecule has 2 aromatic rings. The number of hydrogen-bond acceptors (Lipinski definition) is 2. The van der Waals surface area contributed by atoms with Crippen LogP contribution in [-0.2, 0) is 25.5 Å². The average Bonchev–Trinajstić information content (AvgIpc) is 2.80. The monoisotopic (exact) mass is 272 g/mol. The highest BCUT2D eigenvalue weighted by molar-refractivity contribution is 5.25. The Hall–Kier alpha value is -1.61. The third kappa shape index (κ3) is 3.10. The molecule has 3 heteroatoms. The Morgan fingerprint density at radius 3 is 2.45 bits per heavy atom. The van der Waals surface area contributed by atoms with Gasteiger partial charge in [0.05, 0.1) is 11.3 Å². The van der Waals surface area contributed by atoms with Gasteiger partial charge in [-0.1, -0.05) is 50.6 Å². The van der Waals surface area contributed by atoms with Gasteiger partial charge in [-0.3, -0.25) is 4.68 Å². The average molecular weight is 272 g/mol. The number of rotatable bonds is 6. The molecule has 0 radical (unpaired) electrons. The molecule has 0 bridgehead atoms. The van der Waals surface area contributed by atoms with Gasteiger partial charge in [0.15, 0.2) is 0 Å².